The number of rotatable bonds is 5. The van der Waals surface area contributed by atoms with Gasteiger partial charge in [0, 0.05) is 39.0 Å². The number of amides is 2. The van der Waals surface area contributed by atoms with Gasteiger partial charge in [0.15, 0.2) is 0 Å². The molecule has 2 aliphatic heterocycles. The van der Waals surface area contributed by atoms with Crippen molar-refractivity contribution in [2.75, 3.05) is 33.3 Å². The fourth-order valence-corrected chi connectivity index (χ4v) is 3.83. The van der Waals surface area contributed by atoms with Gasteiger partial charge in [-0.25, -0.2) is 4.39 Å². The Morgan fingerprint density at radius 2 is 1.74 bits per heavy atom. The molecular formula is C23H24FN3O4. The van der Waals surface area contributed by atoms with Crippen molar-refractivity contribution < 1.29 is 23.6 Å². The van der Waals surface area contributed by atoms with Gasteiger partial charge in [-0.05, 0) is 29.8 Å². The van der Waals surface area contributed by atoms with Crippen LogP contribution in [0.5, 0.6) is 5.75 Å². The van der Waals surface area contributed by atoms with Crippen molar-refractivity contribution >= 4 is 17.5 Å². The van der Waals surface area contributed by atoms with Gasteiger partial charge in [-0.15, -0.1) is 0 Å². The molecule has 31 heavy (non-hydrogen) atoms. The van der Waals surface area contributed by atoms with Crippen LogP contribution >= 0.6 is 0 Å². The zero-order valence-electron chi connectivity index (χ0n) is 17.3. The first kappa shape index (κ1) is 20.8. The molecule has 1 atom stereocenters. The molecule has 1 fully saturated rings. The van der Waals surface area contributed by atoms with Crippen molar-refractivity contribution in [3.63, 3.8) is 0 Å². The molecule has 0 spiro atoms. The van der Waals surface area contributed by atoms with Crippen molar-refractivity contribution in [2.24, 2.45) is 5.16 Å². The number of ether oxygens (including phenoxy) is 1. The lowest BCUT2D eigenvalue weighted by Crippen LogP contribution is -2.53. The lowest BCUT2D eigenvalue weighted by Gasteiger charge is -2.35. The highest BCUT2D eigenvalue weighted by atomic mass is 19.1. The van der Waals surface area contributed by atoms with E-state index in [4.69, 9.17) is 9.57 Å². The Morgan fingerprint density at radius 1 is 1.06 bits per heavy atom. The van der Waals surface area contributed by atoms with Crippen LogP contribution in [-0.4, -0.2) is 66.7 Å². The molecule has 162 valence electrons. The van der Waals surface area contributed by atoms with Crippen LogP contribution in [0.1, 0.15) is 22.3 Å². The van der Waals surface area contributed by atoms with E-state index in [0.717, 1.165) is 11.3 Å². The van der Waals surface area contributed by atoms with E-state index in [9.17, 15) is 14.0 Å². The van der Waals surface area contributed by atoms with Crippen LogP contribution in [0.25, 0.3) is 0 Å². The molecular weight excluding hydrogens is 401 g/mol. The fraction of sp³-hybridized carbons (Fsp3) is 0.348. The minimum absolute atomic E-state index is 0.105. The summed E-state index contributed by atoms with van der Waals surface area (Å²) in [5.74, 6) is 0.0229. The summed E-state index contributed by atoms with van der Waals surface area (Å²) in [6.45, 7) is 1.76. The molecule has 0 saturated carbocycles. The SMILES string of the molecule is COc1ccccc1C(=O)N1CCN(C(=O)[C@@H]2CC(Cc3ccc(F)cc3)=NO2)CC1. The van der Waals surface area contributed by atoms with Gasteiger partial charge < -0.3 is 19.4 Å². The molecule has 7 nitrogen and oxygen atoms in total. The second-order valence-electron chi connectivity index (χ2n) is 7.58. The average molecular weight is 425 g/mol. The van der Waals surface area contributed by atoms with Crippen LogP contribution in [0.3, 0.4) is 0 Å². The normalized spacial score (nSPS) is 18.4. The molecule has 2 aromatic carbocycles. The number of para-hydroxylation sites is 1. The highest BCUT2D eigenvalue weighted by Gasteiger charge is 2.34. The summed E-state index contributed by atoms with van der Waals surface area (Å²) in [5, 5.41) is 4.05. The van der Waals surface area contributed by atoms with Gasteiger partial charge in [0.05, 0.1) is 18.4 Å². The predicted octanol–water partition coefficient (Wildman–Crippen LogP) is 2.51. The summed E-state index contributed by atoms with van der Waals surface area (Å²) in [5.41, 5.74) is 2.19. The molecule has 0 unspecified atom stereocenters. The Kier molecular flexibility index (Phi) is 6.16. The number of hydrogen-bond acceptors (Lipinski definition) is 5. The lowest BCUT2D eigenvalue weighted by atomic mass is 10.0. The van der Waals surface area contributed by atoms with Crippen LogP contribution in [0.2, 0.25) is 0 Å². The quantitative estimate of drug-likeness (QED) is 0.738. The molecule has 0 aliphatic carbocycles. The third-order valence-electron chi connectivity index (χ3n) is 5.54. The summed E-state index contributed by atoms with van der Waals surface area (Å²) in [6, 6.07) is 13.3. The van der Waals surface area contributed by atoms with Crippen molar-refractivity contribution in [1.82, 2.24) is 9.80 Å². The molecule has 2 amide bonds. The van der Waals surface area contributed by atoms with Gasteiger partial charge in [0.2, 0.25) is 6.10 Å². The molecule has 2 aromatic rings. The number of hydrogen-bond donors (Lipinski definition) is 0. The van der Waals surface area contributed by atoms with E-state index >= 15 is 0 Å². The van der Waals surface area contributed by atoms with E-state index in [-0.39, 0.29) is 17.6 Å². The number of methoxy groups -OCH3 is 1. The van der Waals surface area contributed by atoms with Crippen molar-refractivity contribution in [2.45, 2.75) is 18.9 Å². The summed E-state index contributed by atoms with van der Waals surface area (Å²) in [7, 11) is 1.54. The Morgan fingerprint density at radius 3 is 2.45 bits per heavy atom. The van der Waals surface area contributed by atoms with Crippen LogP contribution in [-0.2, 0) is 16.1 Å². The van der Waals surface area contributed by atoms with E-state index < -0.39 is 6.10 Å². The number of oxime groups is 1. The van der Waals surface area contributed by atoms with Crippen molar-refractivity contribution in [1.29, 1.82) is 0 Å². The first-order valence-corrected chi connectivity index (χ1v) is 10.2. The number of halogens is 1. The highest BCUT2D eigenvalue weighted by molar-refractivity contribution is 5.97. The largest absolute Gasteiger partial charge is 0.496 e. The maximum atomic E-state index is 13.0. The average Bonchev–Trinajstić information content (AvgIpc) is 3.28. The molecule has 0 aromatic heterocycles. The van der Waals surface area contributed by atoms with Gasteiger partial charge in [-0.1, -0.05) is 29.4 Å². The van der Waals surface area contributed by atoms with Gasteiger partial charge in [0.25, 0.3) is 11.8 Å². The minimum atomic E-state index is -0.646. The minimum Gasteiger partial charge on any atom is -0.496 e. The Balaban J connectivity index is 1.29. The number of carbonyl (C=O) groups excluding carboxylic acids is 2. The van der Waals surface area contributed by atoms with Gasteiger partial charge in [0.1, 0.15) is 11.6 Å². The van der Waals surface area contributed by atoms with Gasteiger partial charge in [-0.3, -0.25) is 9.59 Å². The Labute approximate surface area is 180 Å². The monoisotopic (exact) mass is 425 g/mol. The van der Waals surface area contributed by atoms with Crippen LogP contribution in [0.15, 0.2) is 53.7 Å². The lowest BCUT2D eigenvalue weighted by molar-refractivity contribution is -0.143. The molecule has 8 heteroatoms. The van der Waals surface area contributed by atoms with E-state index in [2.05, 4.69) is 5.16 Å². The first-order chi connectivity index (χ1) is 15.0. The van der Waals surface area contributed by atoms with Crippen molar-refractivity contribution in [3.8, 4) is 5.75 Å². The molecule has 4 rings (SSSR count). The van der Waals surface area contributed by atoms with Crippen LogP contribution < -0.4 is 4.74 Å². The highest BCUT2D eigenvalue weighted by Crippen LogP contribution is 2.21. The zero-order chi connectivity index (χ0) is 21.8. The van der Waals surface area contributed by atoms with Gasteiger partial charge >= 0.3 is 0 Å². The van der Waals surface area contributed by atoms with E-state index in [1.165, 1.54) is 19.2 Å². The molecule has 2 aliphatic rings. The molecule has 0 bridgehead atoms. The number of piperazine rings is 1. The van der Waals surface area contributed by atoms with Crippen molar-refractivity contribution in [3.05, 3.63) is 65.5 Å². The summed E-state index contributed by atoms with van der Waals surface area (Å²) in [4.78, 5) is 34.5. The summed E-state index contributed by atoms with van der Waals surface area (Å²) >= 11 is 0. The maximum absolute atomic E-state index is 13.0. The predicted molar refractivity (Wildman–Crippen MR) is 113 cm³/mol. The van der Waals surface area contributed by atoms with E-state index in [0.29, 0.717) is 50.3 Å². The van der Waals surface area contributed by atoms with Crippen LogP contribution in [0, 0.1) is 5.82 Å². The third kappa shape index (κ3) is 4.68. The molecule has 0 radical (unpaired) electrons. The molecule has 0 N–H and O–H groups in total. The van der Waals surface area contributed by atoms with Crippen LogP contribution in [0.4, 0.5) is 4.39 Å². The van der Waals surface area contributed by atoms with E-state index in [1.807, 2.05) is 6.07 Å². The smallest absolute Gasteiger partial charge is 0.267 e. The van der Waals surface area contributed by atoms with Gasteiger partial charge in [-0.2, -0.15) is 0 Å². The second-order valence-corrected chi connectivity index (χ2v) is 7.58. The summed E-state index contributed by atoms with van der Waals surface area (Å²) in [6.07, 6.45) is 0.286. The zero-order valence-corrected chi connectivity index (χ0v) is 17.3. The second kappa shape index (κ2) is 9.16. The standard InChI is InChI=1S/C23H24FN3O4/c1-30-20-5-3-2-4-19(20)22(28)26-10-12-27(13-11-26)23(29)21-15-18(25-31-21)14-16-6-8-17(24)9-7-16/h2-9,21H,10-15H2,1H3/t21-/m0/s1. The number of benzene rings is 2. The fourth-order valence-electron chi connectivity index (χ4n) is 3.83. The third-order valence-corrected chi connectivity index (χ3v) is 5.54. The first-order valence-electron chi connectivity index (χ1n) is 10.2. The topological polar surface area (TPSA) is 71.4 Å². The Bertz CT molecular complexity index is 985. The molecule has 2 heterocycles. The van der Waals surface area contributed by atoms with E-state index in [1.54, 1.807) is 40.1 Å². The number of nitrogens with zero attached hydrogens (tertiary/aromatic N) is 3. The Hall–Kier alpha value is -3.42. The maximum Gasteiger partial charge on any atom is 0.267 e. The summed E-state index contributed by atoms with van der Waals surface area (Å²) < 4.78 is 18.3. The number of carbonyl (C=O) groups is 2. The molecule has 1 saturated heterocycles.